The Bertz CT molecular complexity index is 1150. The number of carbonyl (C=O) groups excluding carboxylic acids is 1. The number of thiocarbonyl (C=S) groups is 1. The number of aliphatic hydroxyl groups excluding tert-OH is 1. The lowest BCUT2D eigenvalue weighted by atomic mass is 10.1. The van der Waals surface area contributed by atoms with Gasteiger partial charge in [-0.2, -0.15) is 0 Å². The van der Waals surface area contributed by atoms with Gasteiger partial charge in [-0.3, -0.25) is 10.1 Å². The van der Waals surface area contributed by atoms with E-state index < -0.39 is 0 Å². The lowest BCUT2D eigenvalue weighted by Crippen LogP contribution is -2.43. The summed E-state index contributed by atoms with van der Waals surface area (Å²) in [6, 6.07) is 19.0. The van der Waals surface area contributed by atoms with Gasteiger partial charge in [0.25, 0.3) is 5.91 Å². The number of nitrogens with zero attached hydrogens (tertiary/aromatic N) is 1. The molecule has 166 valence electrons. The largest absolute Gasteiger partial charge is 0.496 e. The van der Waals surface area contributed by atoms with Gasteiger partial charge in [-0.05, 0) is 95.2 Å². The van der Waals surface area contributed by atoms with Gasteiger partial charge in [-0.25, -0.2) is 0 Å². The second-order valence-corrected chi connectivity index (χ2v) is 8.96. The van der Waals surface area contributed by atoms with Gasteiger partial charge in [-0.15, -0.1) is 0 Å². The van der Waals surface area contributed by atoms with Gasteiger partial charge in [-0.1, -0.05) is 36.4 Å². The van der Waals surface area contributed by atoms with Crippen molar-refractivity contribution in [1.29, 1.82) is 0 Å². The smallest absolute Gasteiger partial charge is 0.257 e. The first-order valence-corrected chi connectivity index (χ1v) is 11.5. The first-order valence-electron chi connectivity index (χ1n) is 10.0. The van der Waals surface area contributed by atoms with E-state index in [1.54, 1.807) is 25.3 Å². The fourth-order valence-corrected chi connectivity index (χ4v) is 4.35. The van der Waals surface area contributed by atoms with Crippen molar-refractivity contribution < 1.29 is 14.6 Å². The molecule has 3 aromatic rings. The topological polar surface area (TPSA) is 61.8 Å². The molecule has 2 N–H and O–H groups in total. The number of benzene rings is 3. The second-order valence-electron chi connectivity index (χ2n) is 7.41. The molecular formula is C25H25IN2O3S. The van der Waals surface area contributed by atoms with Crippen molar-refractivity contribution in [1.82, 2.24) is 5.32 Å². The van der Waals surface area contributed by atoms with E-state index in [4.69, 9.17) is 17.0 Å². The Morgan fingerprint density at radius 3 is 2.47 bits per heavy atom. The minimum absolute atomic E-state index is 0.0692. The highest BCUT2D eigenvalue weighted by Gasteiger charge is 2.20. The van der Waals surface area contributed by atoms with Crippen LogP contribution in [0.2, 0.25) is 0 Å². The highest BCUT2D eigenvalue weighted by molar-refractivity contribution is 14.1. The molecule has 0 aliphatic heterocycles. The molecule has 0 aliphatic carbocycles. The van der Waals surface area contributed by atoms with Crippen LogP contribution in [0.25, 0.3) is 0 Å². The summed E-state index contributed by atoms with van der Waals surface area (Å²) in [6.07, 6.45) is 0. The van der Waals surface area contributed by atoms with Crippen LogP contribution in [0.4, 0.5) is 5.69 Å². The first kappa shape index (κ1) is 24.2. The van der Waals surface area contributed by atoms with E-state index in [0.29, 0.717) is 23.0 Å². The summed E-state index contributed by atoms with van der Waals surface area (Å²) in [5.41, 5.74) is 5.28. The zero-order chi connectivity index (χ0) is 23.3. The zero-order valence-electron chi connectivity index (χ0n) is 18.2. The summed E-state index contributed by atoms with van der Waals surface area (Å²) in [5, 5.41) is 12.9. The van der Waals surface area contributed by atoms with Crippen molar-refractivity contribution >= 4 is 51.5 Å². The predicted molar refractivity (Wildman–Crippen MR) is 140 cm³/mol. The molecule has 3 aromatic carbocycles. The predicted octanol–water partition coefficient (Wildman–Crippen LogP) is 5.13. The number of aryl methyl sites for hydroxylation is 2. The van der Waals surface area contributed by atoms with Crippen molar-refractivity contribution in [2.45, 2.75) is 27.0 Å². The number of aliphatic hydroxyl groups is 1. The molecule has 5 nitrogen and oxygen atoms in total. The lowest BCUT2D eigenvalue weighted by molar-refractivity contribution is 0.0977. The van der Waals surface area contributed by atoms with Crippen molar-refractivity contribution in [3.8, 4) is 5.75 Å². The molecule has 0 unspecified atom stereocenters. The molecule has 0 aromatic heterocycles. The number of nitrogens with one attached hydrogen (secondary N) is 1. The summed E-state index contributed by atoms with van der Waals surface area (Å²) in [4.78, 5) is 14.9. The van der Waals surface area contributed by atoms with Crippen LogP contribution in [0.3, 0.4) is 0 Å². The number of anilines is 1. The quantitative estimate of drug-likeness (QED) is 0.324. The third-order valence-electron chi connectivity index (χ3n) is 5.15. The lowest BCUT2D eigenvalue weighted by Gasteiger charge is -2.28. The molecule has 7 heteroatoms. The molecule has 0 fully saturated rings. The fraction of sp³-hybridized carbons (Fsp3) is 0.200. The van der Waals surface area contributed by atoms with Crippen molar-refractivity contribution in [2.75, 3.05) is 12.0 Å². The molecule has 0 atom stereocenters. The number of hydrogen-bond donors (Lipinski definition) is 2. The molecule has 0 saturated carbocycles. The molecule has 0 bridgehead atoms. The normalized spacial score (nSPS) is 10.5. The highest BCUT2D eigenvalue weighted by atomic mass is 127. The zero-order valence-corrected chi connectivity index (χ0v) is 21.2. The van der Waals surface area contributed by atoms with Crippen LogP contribution in [0.5, 0.6) is 5.75 Å². The fourth-order valence-electron chi connectivity index (χ4n) is 3.36. The van der Waals surface area contributed by atoms with Crippen molar-refractivity contribution in [3.63, 3.8) is 0 Å². The number of carbonyl (C=O) groups is 1. The van der Waals surface area contributed by atoms with E-state index >= 15 is 0 Å². The number of methoxy groups -OCH3 is 1. The number of rotatable bonds is 6. The number of amides is 1. The number of halogens is 1. The van der Waals surface area contributed by atoms with Gasteiger partial charge < -0.3 is 14.7 Å². The van der Waals surface area contributed by atoms with Crippen LogP contribution >= 0.6 is 34.8 Å². The second kappa shape index (κ2) is 10.9. The van der Waals surface area contributed by atoms with Crippen LogP contribution in [-0.4, -0.2) is 23.2 Å². The number of hydrogen-bond acceptors (Lipinski definition) is 4. The standard InChI is InChI=1S/C25H25IN2O3S/c1-16-8-9-17(2)22(12-16)28(14-19-6-4-5-7-20(19)15-29)25(32)27-24(30)18-10-11-23(31-3)21(26)13-18/h4-13,29H,14-15H2,1-3H3,(H,27,30,32). The molecule has 0 spiro atoms. The van der Waals surface area contributed by atoms with E-state index in [1.807, 2.05) is 61.2 Å². The Balaban J connectivity index is 1.93. The maximum atomic E-state index is 13.0. The number of ether oxygens (including phenoxy) is 1. The van der Waals surface area contributed by atoms with Gasteiger partial charge in [0.1, 0.15) is 5.75 Å². The Hall–Kier alpha value is -2.49. The molecule has 32 heavy (non-hydrogen) atoms. The molecule has 0 radical (unpaired) electrons. The molecule has 1 amide bonds. The molecule has 0 heterocycles. The van der Waals surface area contributed by atoms with Crippen molar-refractivity contribution in [2.24, 2.45) is 0 Å². The van der Waals surface area contributed by atoms with Crippen molar-refractivity contribution in [3.05, 3.63) is 92.1 Å². The van der Waals surface area contributed by atoms with Gasteiger partial charge in [0.15, 0.2) is 5.11 Å². The van der Waals surface area contributed by atoms with E-state index in [2.05, 4.69) is 27.9 Å². The SMILES string of the molecule is COc1ccc(C(=O)NC(=S)N(Cc2ccccc2CO)c2cc(C)ccc2C)cc1I. The third kappa shape index (κ3) is 5.65. The van der Waals surface area contributed by atoms with Gasteiger partial charge in [0.2, 0.25) is 0 Å². The summed E-state index contributed by atoms with van der Waals surface area (Å²) in [5.74, 6) is 0.420. The van der Waals surface area contributed by atoms with E-state index in [1.165, 1.54) is 0 Å². The van der Waals surface area contributed by atoms with E-state index in [0.717, 1.165) is 31.5 Å². The molecular weight excluding hydrogens is 535 g/mol. The molecule has 0 aliphatic rings. The summed E-state index contributed by atoms with van der Waals surface area (Å²) in [7, 11) is 1.60. The molecule has 3 rings (SSSR count). The summed E-state index contributed by atoms with van der Waals surface area (Å²) < 4.78 is 6.12. The maximum Gasteiger partial charge on any atom is 0.257 e. The summed E-state index contributed by atoms with van der Waals surface area (Å²) in [6.45, 7) is 4.38. The monoisotopic (exact) mass is 560 g/mol. The van der Waals surface area contributed by atoms with Gasteiger partial charge >= 0.3 is 0 Å². The minimum Gasteiger partial charge on any atom is -0.496 e. The minimum atomic E-state index is -0.290. The van der Waals surface area contributed by atoms with Crippen LogP contribution in [-0.2, 0) is 13.2 Å². The Morgan fingerprint density at radius 2 is 1.81 bits per heavy atom. The average molecular weight is 560 g/mol. The van der Waals surface area contributed by atoms with Gasteiger partial charge in [0.05, 0.1) is 23.8 Å². The third-order valence-corrected chi connectivity index (χ3v) is 6.32. The average Bonchev–Trinajstić information content (AvgIpc) is 2.79. The Morgan fingerprint density at radius 1 is 1.09 bits per heavy atom. The summed E-state index contributed by atoms with van der Waals surface area (Å²) >= 11 is 7.84. The van der Waals surface area contributed by atoms with Crippen LogP contribution < -0.4 is 15.0 Å². The maximum absolute atomic E-state index is 13.0. The van der Waals surface area contributed by atoms with Crippen LogP contribution in [0, 0.1) is 17.4 Å². The first-order chi connectivity index (χ1) is 15.3. The Labute approximate surface area is 207 Å². The van der Waals surface area contributed by atoms with Crippen LogP contribution in [0.15, 0.2) is 60.7 Å². The van der Waals surface area contributed by atoms with E-state index in [9.17, 15) is 9.90 Å². The van der Waals surface area contributed by atoms with Gasteiger partial charge in [0, 0.05) is 11.3 Å². The molecule has 0 saturated heterocycles. The van der Waals surface area contributed by atoms with Crippen LogP contribution in [0.1, 0.15) is 32.6 Å². The Kier molecular flexibility index (Phi) is 8.22. The van der Waals surface area contributed by atoms with E-state index in [-0.39, 0.29) is 12.5 Å². The highest BCUT2D eigenvalue weighted by Crippen LogP contribution is 2.26.